The summed E-state index contributed by atoms with van der Waals surface area (Å²) in [6.45, 7) is 3.67. The molecule has 2 nitrogen and oxygen atoms in total. The van der Waals surface area contributed by atoms with Crippen LogP contribution in [0.25, 0.3) is 0 Å². The van der Waals surface area contributed by atoms with Gasteiger partial charge in [0.25, 0.3) is 0 Å². The zero-order chi connectivity index (χ0) is 10.2. The van der Waals surface area contributed by atoms with E-state index in [1.54, 1.807) is 6.92 Å². The molecule has 2 aliphatic rings. The van der Waals surface area contributed by atoms with Gasteiger partial charge in [-0.25, -0.2) is 0 Å². The van der Waals surface area contributed by atoms with E-state index in [0.717, 1.165) is 24.8 Å². The molecule has 2 rings (SSSR count). The summed E-state index contributed by atoms with van der Waals surface area (Å²) < 4.78 is 0. The quantitative estimate of drug-likeness (QED) is 0.660. The monoisotopic (exact) mass is 213 g/mol. The summed E-state index contributed by atoms with van der Waals surface area (Å²) in [7, 11) is 0. The van der Waals surface area contributed by atoms with Crippen LogP contribution < -0.4 is 0 Å². The Balaban J connectivity index is 1.97. The predicted molar refractivity (Wildman–Crippen MR) is 60.5 cm³/mol. The number of hydrogen-bond acceptors (Lipinski definition) is 2. The Bertz CT molecular complexity index is 243. The molecule has 2 fully saturated rings. The maximum atomic E-state index is 11.2. The van der Waals surface area contributed by atoms with Crippen LogP contribution >= 0.6 is 12.6 Å². The van der Waals surface area contributed by atoms with Crippen LogP contribution in [0.4, 0.5) is 0 Å². The average Bonchev–Trinajstić information content (AvgIpc) is 2.74. The van der Waals surface area contributed by atoms with Crippen molar-refractivity contribution in [3.63, 3.8) is 0 Å². The van der Waals surface area contributed by atoms with E-state index in [-0.39, 0.29) is 5.91 Å². The number of hydrogen-bond donors (Lipinski definition) is 1. The Morgan fingerprint density at radius 2 is 2.36 bits per heavy atom. The van der Waals surface area contributed by atoms with E-state index in [1.165, 1.54) is 25.7 Å². The van der Waals surface area contributed by atoms with Crippen LogP contribution in [0, 0.1) is 11.3 Å². The van der Waals surface area contributed by atoms with Crippen molar-refractivity contribution in [3.8, 4) is 0 Å². The van der Waals surface area contributed by atoms with Crippen LogP contribution in [0.1, 0.15) is 32.6 Å². The lowest BCUT2D eigenvalue weighted by molar-refractivity contribution is -0.128. The Morgan fingerprint density at radius 3 is 2.86 bits per heavy atom. The van der Waals surface area contributed by atoms with Crippen molar-refractivity contribution in [1.82, 2.24) is 4.90 Å². The normalized spacial score (nSPS) is 37.0. The van der Waals surface area contributed by atoms with Crippen molar-refractivity contribution in [2.45, 2.75) is 32.6 Å². The van der Waals surface area contributed by atoms with E-state index in [2.05, 4.69) is 12.6 Å². The number of rotatable bonds is 1. The van der Waals surface area contributed by atoms with Gasteiger partial charge in [-0.2, -0.15) is 12.6 Å². The highest BCUT2D eigenvalue weighted by atomic mass is 32.1. The third-order valence-electron chi connectivity index (χ3n) is 3.95. The molecule has 2 atom stereocenters. The molecule has 3 heteroatoms. The van der Waals surface area contributed by atoms with Gasteiger partial charge in [0.2, 0.25) is 5.91 Å². The van der Waals surface area contributed by atoms with Gasteiger partial charge in [-0.1, -0.05) is 0 Å². The Kier molecular flexibility index (Phi) is 2.78. The van der Waals surface area contributed by atoms with E-state index >= 15 is 0 Å². The predicted octanol–water partition coefficient (Wildman–Crippen LogP) is 1.95. The first-order valence-electron chi connectivity index (χ1n) is 5.52. The third-order valence-corrected chi connectivity index (χ3v) is 4.46. The van der Waals surface area contributed by atoms with E-state index in [0.29, 0.717) is 5.41 Å². The molecule has 80 valence electrons. The van der Waals surface area contributed by atoms with Gasteiger partial charge in [0.05, 0.1) is 0 Å². The minimum atomic E-state index is 0.246. The Labute approximate surface area is 91.5 Å². The molecule has 1 spiro atoms. The topological polar surface area (TPSA) is 20.3 Å². The van der Waals surface area contributed by atoms with Crippen LogP contribution in [-0.2, 0) is 4.79 Å². The van der Waals surface area contributed by atoms with Gasteiger partial charge >= 0.3 is 0 Å². The molecule has 0 bridgehead atoms. The average molecular weight is 213 g/mol. The minimum Gasteiger partial charge on any atom is -0.342 e. The number of carbonyl (C=O) groups is 1. The van der Waals surface area contributed by atoms with Gasteiger partial charge in [0.15, 0.2) is 0 Å². The Hall–Kier alpha value is -0.180. The molecule has 1 heterocycles. The molecule has 0 aromatic carbocycles. The van der Waals surface area contributed by atoms with E-state index in [4.69, 9.17) is 0 Å². The van der Waals surface area contributed by atoms with Crippen LogP contribution in [0.3, 0.4) is 0 Å². The maximum Gasteiger partial charge on any atom is 0.219 e. The standard InChI is InChI=1S/C11H19NOS/c1-9(13)12-5-4-11(8-12)3-2-10(6-11)7-14/h10,14H,2-8H2,1H3/t10-,11-/m0/s1. The molecule has 0 aromatic heterocycles. The summed E-state index contributed by atoms with van der Waals surface area (Å²) in [4.78, 5) is 13.3. The van der Waals surface area contributed by atoms with E-state index < -0.39 is 0 Å². The van der Waals surface area contributed by atoms with Crippen molar-refractivity contribution < 1.29 is 4.79 Å². The van der Waals surface area contributed by atoms with Crippen LogP contribution in [0.5, 0.6) is 0 Å². The summed E-state index contributed by atoms with van der Waals surface area (Å²) in [5, 5.41) is 0. The molecule has 0 aromatic rings. The maximum absolute atomic E-state index is 11.2. The van der Waals surface area contributed by atoms with E-state index in [9.17, 15) is 4.79 Å². The van der Waals surface area contributed by atoms with Crippen molar-refractivity contribution in [3.05, 3.63) is 0 Å². The third kappa shape index (κ3) is 1.79. The molecule has 1 aliphatic carbocycles. The minimum absolute atomic E-state index is 0.246. The molecule has 1 saturated heterocycles. The zero-order valence-corrected chi connectivity index (χ0v) is 9.72. The summed E-state index contributed by atoms with van der Waals surface area (Å²) in [5.41, 5.74) is 0.471. The van der Waals surface area contributed by atoms with Gasteiger partial charge < -0.3 is 4.90 Å². The molecular weight excluding hydrogens is 194 g/mol. The van der Waals surface area contributed by atoms with E-state index in [1.807, 2.05) is 4.90 Å². The first-order valence-corrected chi connectivity index (χ1v) is 6.15. The summed E-state index contributed by atoms with van der Waals surface area (Å²) >= 11 is 4.37. The molecule has 0 unspecified atom stereocenters. The van der Waals surface area contributed by atoms with Gasteiger partial charge in [-0.15, -0.1) is 0 Å². The SMILES string of the molecule is CC(=O)N1CC[C@]2(CC[C@H](CS)C2)C1. The summed E-state index contributed by atoms with van der Waals surface area (Å²) in [5.74, 6) is 2.06. The highest BCUT2D eigenvalue weighted by Gasteiger charge is 2.44. The van der Waals surface area contributed by atoms with Crippen LogP contribution in [0.2, 0.25) is 0 Å². The Morgan fingerprint density at radius 1 is 1.57 bits per heavy atom. The lowest BCUT2D eigenvalue weighted by Crippen LogP contribution is -2.29. The van der Waals surface area contributed by atoms with Crippen LogP contribution in [0.15, 0.2) is 0 Å². The number of nitrogens with zero attached hydrogens (tertiary/aromatic N) is 1. The van der Waals surface area contributed by atoms with Crippen molar-refractivity contribution >= 4 is 18.5 Å². The first-order chi connectivity index (χ1) is 6.65. The lowest BCUT2D eigenvalue weighted by Gasteiger charge is -2.23. The largest absolute Gasteiger partial charge is 0.342 e. The highest BCUT2D eigenvalue weighted by Crippen LogP contribution is 2.48. The number of thiol groups is 1. The second-order valence-corrected chi connectivity index (χ2v) is 5.35. The van der Waals surface area contributed by atoms with Gasteiger partial charge in [-0.3, -0.25) is 4.79 Å². The molecule has 1 aliphatic heterocycles. The number of carbonyl (C=O) groups excluding carboxylic acids is 1. The number of likely N-dealkylation sites (tertiary alicyclic amines) is 1. The molecular formula is C11H19NOS. The fraction of sp³-hybridized carbons (Fsp3) is 0.909. The van der Waals surface area contributed by atoms with Gasteiger partial charge in [0.1, 0.15) is 0 Å². The number of amides is 1. The van der Waals surface area contributed by atoms with Crippen molar-refractivity contribution in [1.29, 1.82) is 0 Å². The highest BCUT2D eigenvalue weighted by molar-refractivity contribution is 7.80. The summed E-state index contributed by atoms with van der Waals surface area (Å²) in [6, 6.07) is 0. The smallest absolute Gasteiger partial charge is 0.219 e. The summed E-state index contributed by atoms with van der Waals surface area (Å²) in [6.07, 6.45) is 5.13. The fourth-order valence-electron chi connectivity index (χ4n) is 3.06. The zero-order valence-electron chi connectivity index (χ0n) is 8.83. The van der Waals surface area contributed by atoms with Gasteiger partial charge in [0, 0.05) is 20.0 Å². The van der Waals surface area contributed by atoms with Gasteiger partial charge in [-0.05, 0) is 42.8 Å². The molecule has 0 N–H and O–H groups in total. The molecule has 1 amide bonds. The first kappa shape index (κ1) is 10.3. The molecule has 1 saturated carbocycles. The van der Waals surface area contributed by atoms with Crippen molar-refractivity contribution in [2.24, 2.45) is 11.3 Å². The fourth-order valence-corrected chi connectivity index (χ4v) is 3.37. The van der Waals surface area contributed by atoms with Crippen molar-refractivity contribution in [2.75, 3.05) is 18.8 Å². The van der Waals surface area contributed by atoms with Crippen LogP contribution in [-0.4, -0.2) is 29.6 Å². The second-order valence-electron chi connectivity index (χ2n) is 4.98. The lowest BCUT2D eigenvalue weighted by atomic mass is 9.85. The molecule has 14 heavy (non-hydrogen) atoms. The molecule has 0 radical (unpaired) electrons. The second kappa shape index (κ2) is 3.76.